The van der Waals surface area contributed by atoms with E-state index in [9.17, 15) is 4.79 Å². The molecule has 0 spiro atoms. The molecule has 5 nitrogen and oxygen atoms in total. The van der Waals surface area contributed by atoms with E-state index in [1.165, 1.54) is 6.42 Å². The van der Waals surface area contributed by atoms with Crippen LogP contribution in [-0.2, 0) is 11.3 Å². The third-order valence-corrected chi connectivity index (χ3v) is 4.89. The van der Waals surface area contributed by atoms with Crippen molar-refractivity contribution in [2.75, 3.05) is 20.1 Å². The lowest BCUT2D eigenvalue weighted by Gasteiger charge is -2.39. The summed E-state index contributed by atoms with van der Waals surface area (Å²) in [5.74, 6) is 1.56. The maximum absolute atomic E-state index is 12.4. The van der Waals surface area contributed by atoms with Crippen molar-refractivity contribution in [3.8, 4) is 0 Å². The first-order valence-corrected chi connectivity index (χ1v) is 8.04. The summed E-state index contributed by atoms with van der Waals surface area (Å²) in [5, 5.41) is 3.94. The number of carbonyl (C=O) groups excluding carboxylic acids is 1. The lowest BCUT2D eigenvalue weighted by Crippen LogP contribution is -2.50. The van der Waals surface area contributed by atoms with Crippen LogP contribution in [0.1, 0.15) is 43.6 Å². The van der Waals surface area contributed by atoms with Gasteiger partial charge in [-0.2, -0.15) is 0 Å². The third kappa shape index (κ3) is 3.28. The van der Waals surface area contributed by atoms with E-state index in [1.807, 2.05) is 24.9 Å². The average Bonchev–Trinajstić information content (AvgIpc) is 2.81. The normalized spacial score (nSPS) is 23.8. The van der Waals surface area contributed by atoms with Crippen molar-refractivity contribution in [1.29, 1.82) is 0 Å². The van der Waals surface area contributed by atoms with Crippen LogP contribution in [0.2, 0.25) is 0 Å². The Labute approximate surface area is 126 Å². The molecule has 1 unspecified atom stereocenters. The molecule has 0 bridgehead atoms. The van der Waals surface area contributed by atoms with Crippen LogP contribution in [0.3, 0.4) is 0 Å². The highest BCUT2D eigenvalue weighted by atomic mass is 16.5. The number of likely N-dealkylation sites (tertiary alicyclic amines) is 1. The summed E-state index contributed by atoms with van der Waals surface area (Å²) in [6.07, 6.45) is 5.63. The van der Waals surface area contributed by atoms with E-state index >= 15 is 0 Å². The molecule has 1 amide bonds. The van der Waals surface area contributed by atoms with Crippen molar-refractivity contribution in [3.05, 3.63) is 17.5 Å². The van der Waals surface area contributed by atoms with Crippen LogP contribution in [-0.4, -0.2) is 47.0 Å². The van der Waals surface area contributed by atoms with Gasteiger partial charge in [0.1, 0.15) is 0 Å². The molecule has 2 heterocycles. The van der Waals surface area contributed by atoms with Crippen molar-refractivity contribution in [2.45, 2.75) is 51.6 Å². The van der Waals surface area contributed by atoms with Crippen LogP contribution in [0.15, 0.2) is 10.6 Å². The summed E-state index contributed by atoms with van der Waals surface area (Å²) >= 11 is 0. The molecule has 0 N–H and O–H groups in total. The Kier molecular flexibility index (Phi) is 4.29. The third-order valence-electron chi connectivity index (χ3n) is 4.89. The summed E-state index contributed by atoms with van der Waals surface area (Å²) in [6.45, 7) is 4.75. The minimum Gasteiger partial charge on any atom is -0.360 e. The number of hydrogen-bond acceptors (Lipinski definition) is 4. The molecule has 0 aromatic carbocycles. The van der Waals surface area contributed by atoms with Gasteiger partial charge in [0.15, 0.2) is 5.76 Å². The zero-order chi connectivity index (χ0) is 14.8. The van der Waals surface area contributed by atoms with E-state index in [0.29, 0.717) is 17.9 Å². The summed E-state index contributed by atoms with van der Waals surface area (Å²) < 4.78 is 5.30. The number of aromatic nitrogens is 1. The molecule has 1 saturated carbocycles. The minimum absolute atomic E-state index is 0.294. The van der Waals surface area contributed by atoms with Gasteiger partial charge in [0.05, 0.1) is 12.2 Å². The van der Waals surface area contributed by atoms with Crippen LogP contribution >= 0.6 is 0 Å². The second kappa shape index (κ2) is 6.18. The van der Waals surface area contributed by atoms with Gasteiger partial charge in [-0.15, -0.1) is 0 Å². The Hall–Kier alpha value is -1.36. The van der Waals surface area contributed by atoms with Gasteiger partial charge in [0.2, 0.25) is 5.91 Å². The first-order valence-electron chi connectivity index (χ1n) is 8.04. The molecular formula is C16H25N3O2. The quantitative estimate of drug-likeness (QED) is 0.853. The number of rotatable bonds is 4. The maximum atomic E-state index is 12.4. The zero-order valence-electron chi connectivity index (χ0n) is 13.0. The number of carbonyl (C=O) groups is 1. The van der Waals surface area contributed by atoms with Gasteiger partial charge in [0.25, 0.3) is 0 Å². The van der Waals surface area contributed by atoms with Gasteiger partial charge in [-0.05, 0) is 39.2 Å². The Morgan fingerprint density at radius 1 is 1.43 bits per heavy atom. The molecule has 1 aromatic rings. The van der Waals surface area contributed by atoms with E-state index in [2.05, 4.69) is 10.1 Å². The predicted molar refractivity (Wildman–Crippen MR) is 79.7 cm³/mol. The fraction of sp³-hybridized carbons (Fsp3) is 0.750. The van der Waals surface area contributed by atoms with Gasteiger partial charge < -0.3 is 9.42 Å². The molecule has 1 aliphatic heterocycles. The maximum Gasteiger partial charge on any atom is 0.225 e. The number of aryl methyl sites for hydroxylation is 1. The lowest BCUT2D eigenvalue weighted by atomic mass is 9.84. The Bertz CT molecular complexity index is 495. The van der Waals surface area contributed by atoms with Crippen molar-refractivity contribution in [3.63, 3.8) is 0 Å². The van der Waals surface area contributed by atoms with E-state index < -0.39 is 0 Å². The van der Waals surface area contributed by atoms with Gasteiger partial charge in [0, 0.05) is 31.6 Å². The van der Waals surface area contributed by atoms with Gasteiger partial charge in [-0.25, -0.2) is 0 Å². The van der Waals surface area contributed by atoms with Gasteiger partial charge in [-0.1, -0.05) is 11.6 Å². The molecule has 2 fully saturated rings. The van der Waals surface area contributed by atoms with Gasteiger partial charge >= 0.3 is 0 Å². The number of amides is 1. The molecular weight excluding hydrogens is 266 g/mol. The molecule has 1 aromatic heterocycles. The first-order chi connectivity index (χ1) is 10.1. The Morgan fingerprint density at radius 2 is 2.24 bits per heavy atom. The molecule has 3 rings (SSSR count). The lowest BCUT2D eigenvalue weighted by molar-refractivity contribution is -0.140. The number of nitrogens with zero attached hydrogens (tertiary/aromatic N) is 3. The summed E-state index contributed by atoms with van der Waals surface area (Å²) in [7, 11) is 1.98. The molecule has 2 aliphatic rings. The standard InChI is InChI=1S/C16H25N3O2/c1-12-9-15(21-17-12)11-19-8-4-7-14(10-19)18(2)16(20)13-5-3-6-13/h9,13-14H,3-8,10-11H2,1-2H3. The van der Waals surface area contributed by atoms with Gasteiger partial charge in [-0.3, -0.25) is 9.69 Å². The molecule has 0 radical (unpaired) electrons. The molecule has 1 saturated heterocycles. The predicted octanol–water partition coefficient (Wildman–Crippen LogP) is 2.21. The highest BCUT2D eigenvalue weighted by molar-refractivity contribution is 5.79. The smallest absolute Gasteiger partial charge is 0.225 e. The fourth-order valence-electron chi connectivity index (χ4n) is 3.33. The van der Waals surface area contributed by atoms with Crippen LogP contribution in [0.5, 0.6) is 0 Å². The van der Waals surface area contributed by atoms with Crippen molar-refractivity contribution < 1.29 is 9.32 Å². The summed E-state index contributed by atoms with van der Waals surface area (Å²) in [4.78, 5) is 16.7. The molecule has 5 heteroatoms. The summed E-state index contributed by atoms with van der Waals surface area (Å²) in [6, 6.07) is 2.34. The van der Waals surface area contributed by atoms with Crippen molar-refractivity contribution in [1.82, 2.24) is 15.0 Å². The number of hydrogen-bond donors (Lipinski definition) is 0. The van der Waals surface area contributed by atoms with Crippen LogP contribution in [0.25, 0.3) is 0 Å². The van der Waals surface area contributed by atoms with Crippen molar-refractivity contribution in [2.24, 2.45) is 5.92 Å². The monoisotopic (exact) mass is 291 g/mol. The van der Waals surface area contributed by atoms with Crippen molar-refractivity contribution >= 4 is 5.91 Å². The second-order valence-electron chi connectivity index (χ2n) is 6.54. The van der Waals surface area contributed by atoms with Crippen LogP contribution < -0.4 is 0 Å². The van der Waals surface area contributed by atoms with E-state index in [1.54, 1.807) is 0 Å². The number of piperidine rings is 1. The Morgan fingerprint density at radius 3 is 2.86 bits per heavy atom. The highest BCUT2D eigenvalue weighted by Gasteiger charge is 2.32. The fourth-order valence-corrected chi connectivity index (χ4v) is 3.33. The second-order valence-corrected chi connectivity index (χ2v) is 6.54. The summed E-state index contributed by atoms with van der Waals surface area (Å²) in [5.41, 5.74) is 0.927. The largest absolute Gasteiger partial charge is 0.360 e. The molecule has 1 aliphatic carbocycles. The van der Waals surface area contributed by atoms with Crippen LogP contribution in [0, 0.1) is 12.8 Å². The average molecular weight is 291 g/mol. The Balaban J connectivity index is 1.56. The van der Waals surface area contributed by atoms with E-state index in [4.69, 9.17) is 4.52 Å². The molecule has 1 atom stereocenters. The first kappa shape index (κ1) is 14.6. The number of likely N-dealkylation sites (N-methyl/N-ethyl adjacent to an activating group) is 1. The minimum atomic E-state index is 0.294. The molecule has 116 valence electrons. The zero-order valence-corrected chi connectivity index (χ0v) is 13.0. The SMILES string of the molecule is Cc1cc(CN2CCCC(N(C)C(=O)C3CCC3)C2)on1. The van der Waals surface area contributed by atoms with E-state index in [0.717, 1.165) is 56.8 Å². The van der Waals surface area contributed by atoms with Crippen LogP contribution in [0.4, 0.5) is 0 Å². The topological polar surface area (TPSA) is 49.6 Å². The van der Waals surface area contributed by atoms with E-state index in [-0.39, 0.29) is 0 Å². The molecule has 21 heavy (non-hydrogen) atoms. The highest BCUT2D eigenvalue weighted by Crippen LogP contribution is 2.29.